The number of carbonyl (C=O) groups is 3. The van der Waals surface area contributed by atoms with Crippen LogP contribution in [0.2, 0.25) is 0 Å². The molecule has 0 aromatic heterocycles. The van der Waals surface area contributed by atoms with Crippen LogP contribution in [0, 0.1) is 6.92 Å². The molecule has 22 heavy (non-hydrogen) atoms. The van der Waals surface area contributed by atoms with Gasteiger partial charge in [0.2, 0.25) is 17.7 Å². The van der Waals surface area contributed by atoms with Crippen molar-refractivity contribution in [2.45, 2.75) is 26.2 Å². The van der Waals surface area contributed by atoms with Gasteiger partial charge >= 0.3 is 0 Å². The summed E-state index contributed by atoms with van der Waals surface area (Å²) in [6, 6.07) is 3.57. The van der Waals surface area contributed by atoms with Gasteiger partial charge in [0, 0.05) is 30.3 Å². The number of imide groups is 1. The summed E-state index contributed by atoms with van der Waals surface area (Å²) in [6.07, 6.45) is 0.527. The zero-order valence-corrected chi connectivity index (χ0v) is 14.4. The van der Waals surface area contributed by atoms with Crippen molar-refractivity contribution in [3.8, 4) is 0 Å². The second-order valence-electron chi connectivity index (χ2n) is 4.92. The van der Waals surface area contributed by atoms with Crippen molar-refractivity contribution in [1.82, 2.24) is 4.90 Å². The van der Waals surface area contributed by atoms with Gasteiger partial charge in [0.15, 0.2) is 0 Å². The lowest BCUT2D eigenvalue weighted by atomic mass is 10.1. The highest BCUT2D eigenvalue weighted by Gasteiger charge is 2.28. The maximum Gasteiger partial charge on any atom is 0.229 e. The Labute approximate surface area is 142 Å². The van der Waals surface area contributed by atoms with Crippen LogP contribution in [-0.2, 0) is 14.4 Å². The Bertz CT molecular complexity index is 606. The summed E-state index contributed by atoms with van der Waals surface area (Å²) in [5.74, 6) is -0.720. The predicted molar refractivity (Wildman–Crippen MR) is 89.7 cm³/mol. The molecule has 1 aromatic rings. The van der Waals surface area contributed by atoms with Gasteiger partial charge in [-0.15, -0.1) is 12.4 Å². The van der Waals surface area contributed by atoms with E-state index >= 15 is 0 Å². The van der Waals surface area contributed by atoms with Crippen molar-refractivity contribution >= 4 is 57.4 Å². The van der Waals surface area contributed by atoms with Gasteiger partial charge in [-0.05, 0) is 24.6 Å². The van der Waals surface area contributed by atoms with E-state index in [2.05, 4.69) is 21.2 Å². The molecule has 1 saturated heterocycles. The number of halogens is 2. The van der Waals surface area contributed by atoms with E-state index < -0.39 is 0 Å². The molecule has 0 saturated carbocycles. The number of amides is 3. The predicted octanol–water partition coefficient (Wildman–Crippen LogP) is 2.24. The Morgan fingerprint density at radius 2 is 1.91 bits per heavy atom. The maximum absolute atomic E-state index is 11.9. The van der Waals surface area contributed by atoms with Gasteiger partial charge < -0.3 is 11.1 Å². The summed E-state index contributed by atoms with van der Waals surface area (Å²) in [5, 5.41) is 2.70. The Morgan fingerprint density at radius 3 is 2.50 bits per heavy atom. The SMILES string of the molecule is Cc1cc(Br)cc(NC(=O)CCN2C(=O)CCC2=O)c1N.Cl. The van der Waals surface area contributed by atoms with Crippen molar-refractivity contribution in [2.75, 3.05) is 17.6 Å². The molecule has 0 atom stereocenters. The Kier molecular flexibility index (Phi) is 6.37. The van der Waals surface area contributed by atoms with Gasteiger partial charge in [-0.1, -0.05) is 15.9 Å². The lowest BCUT2D eigenvalue weighted by Gasteiger charge is -2.14. The van der Waals surface area contributed by atoms with Crippen molar-refractivity contribution in [1.29, 1.82) is 0 Å². The van der Waals surface area contributed by atoms with Crippen LogP contribution in [0.5, 0.6) is 0 Å². The van der Waals surface area contributed by atoms with Gasteiger partial charge in [-0.2, -0.15) is 0 Å². The topological polar surface area (TPSA) is 92.5 Å². The van der Waals surface area contributed by atoms with E-state index in [4.69, 9.17) is 5.73 Å². The molecule has 6 nitrogen and oxygen atoms in total. The number of hydrogen-bond acceptors (Lipinski definition) is 4. The fourth-order valence-electron chi connectivity index (χ4n) is 2.16. The minimum Gasteiger partial charge on any atom is -0.397 e. The maximum atomic E-state index is 11.9. The zero-order chi connectivity index (χ0) is 15.6. The van der Waals surface area contributed by atoms with Gasteiger partial charge in [0.1, 0.15) is 0 Å². The third kappa shape index (κ3) is 4.20. The highest BCUT2D eigenvalue weighted by Crippen LogP contribution is 2.27. The van der Waals surface area contributed by atoms with Gasteiger partial charge in [-0.25, -0.2) is 0 Å². The normalized spacial score (nSPS) is 14.0. The van der Waals surface area contributed by atoms with Crippen LogP contribution >= 0.6 is 28.3 Å². The lowest BCUT2D eigenvalue weighted by molar-refractivity contribution is -0.138. The average molecular weight is 391 g/mol. The number of anilines is 2. The number of hydrogen-bond donors (Lipinski definition) is 2. The van der Waals surface area contributed by atoms with Crippen LogP contribution in [0.1, 0.15) is 24.8 Å². The smallest absolute Gasteiger partial charge is 0.229 e. The van der Waals surface area contributed by atoms with Gasteiger partial charge in [-0.3, -0.25) is 19.3 Å². The fourth-order valence-corrected chi connectivity index (χ4v) is 2.73. The lowest BCUT2D eigenvalue weighted by Crippen LogP contribution is -2.32. The summed E-state index contributed by atoms with van der Waals surface area (Å²) < 4.78 is 0.814. The summed E-state index contributed by atoms with van der Waals surface area (Å²) in [6.45, 7) is 1.95. The van der Waals surface area contributed by atoms with Gasteiger partial charge in [0.25, 0.3) is 0 Å². The van der Waals surface area contributed by atoms with E-state index in [9.17, 15) is 14.4 Å². The second-order valence-corrected chi connectivity index (χ2v) is 5.84. The molecular weight excluding hydrogens is 374 g/mol. The molecule has 3 N–H and O–H groups in total. The van der Waals surface area contributed by atoms with E-state index in [1.807, 2.05) is 13.0 Å². The zero-order valence-electron chi connectivity index (χ0n) is 12.0. The van der Waals surface area contributed by atoms with E-state index in [0.717, 1.165) is 14.9 Å². The summed E-state index contributed by atoms with van der Waals surface area (Å²) in [5.41, 5.74) is 7.78. The molecule has 1 fully saturated rings. The van der Waals surface area contributed by atoms with Crippen molar-refractivity contribution in [2.24, 2.45) is 0 Å². The first-order chi connectivity index (χ1) is 9.88. The Morgan fingerprint density at radius 1 is 1.32 bits per heavy atom. The number of rotatable bonds is 4. The number of aryl methyl sites for hydroxylation is 1. The minimum absolute atomic E-state index is 0. The van der Waals surface area contributed by atoms with Crippen LogP contribution in [-0.4, -0.2) is 29.2 Å². The number of benzene rings is 1. The van der Waals surface area contributed by atoms with Gasteiger partial charge in [0.05, 0.1) is 11.4 Å². The highest BCUT2D eigenvalue weighted by atomic mass is 79.9. The molecule has 0 aliphatic carbocycles. The van der Waals surface area contributed by atoms with E-state index in [0.29, 0.717) is 11.4 Å². The summed E-state index contributed by atoms with van der Waals surface area (Å²) in [7, 11) is 0. The number of carbonyl (C=O) groups excluding carboxylic acids is 3. The number of nitrogens with zero attached hydrogens (tertiary/aromatic N) is 1. The summed E-state index contributed by atoms with van der Waals surface area (Å²) >= 11 is 3.34. The number of nitrogens with one attached hydrogen (secondary N) is 1. The Hall–Kier alpha value is -1.60. The molecule has 3 amide bonds. The van der Waals surface area contributed by atoms with Crippen molar-refractivity contribution in [3.05, 3.63) is 22.2 Å². The van der Waals surface area contributed by atoms with Crippen molar-refractivity contribution in [3.63, 3.8) is 0 Å². The monoisotopic (exact) mass is 389 g/mol. The first-order valence-electron chi connectivity index (χ1n) is 6.57. The molecule has 0 radical (unpaired) electrons. The molecule has 0 bridgehead atoms. The van der Waals surface area contributed by atoms with Crippen LogP contribution in [0.15, 0.2) is 16.6 Å². The van der Waals surface area contributed by atoms with Crippen LogP contribution in [0.3, 0.4) is 0 Å². The largest absolute Gasteiger partial charge is 0.397 e. The standard InChI is InChI=1S/C14H16BrN3O3.ClH/c1-8-6-9(15)7-10(14(8)16)17-11(19)4-5-18-12(20)2-3-13(18)21;/h6-7H,2-5,16H2,1H3,(H,17,19);1H. The molecule has 0 spiro atoms. The van der Waals surface area contributed by atoms with E-state index in [-0.39, 0.29) is 55.9 Å². The van der Waals surface area contributed by atoms with Crippen LogP contribution < -0.4 is 11.1 Å². The second kappa shape index (κ2) is 7.60. The summed E-state index contributed by atoms with van der Waals surface area (Å²) in [4.78, 5) is 36.0. The number of likely N-dealkylation sites (tertiary alicyclic amines) is 1. The molecule has 120 valence electrons. The van der Waals surface area contributed by atoms with E-state index in [1.54, 1.807) is 6.07 Å². The molecule has 1 aliphatic heterocycles. The highest BCUT2D eigenvalue weighted by molar-refractivity contribution is 9.10. The molecule has 8 heteroatoms. The molecule has 1 aromatic carbocycles. The number of nitrogen functional groups attached to an aromatic ring is 1. The average Bonchev–Trinajstić information content (AvgIpc) is 2.72. The Balaban J connectivity index is 0.00000242. The minimum atomic E-state index is -0.285. The third-order valence-corrected chi connectivity index (χ3v) is 3.80. The van der Waals surface area contributed by atoms with Crippen LogP contribution in [0.25, 0.3) is 0 Å². The van der Waals surface area contributed by atoms with E-state index in [1.165, 1.54) is 0 Å². The molecule has 0 unspecified atom stereocenters. The quantitative estimate of drug-likeness (QED) is 0.609. The first kappa shape index (κ1) is 18.4. The molecule has 2 rings (SSSR count). The number of nitrogens with two attached hydrogens (primary N) is 1. The first-order valence-corrected chi connectivity index (χ1v) is 7.36. The fraction of sp³-hybridized carbons (Fsp3) is 0.357. The molecule has 1 heterocycles. The van der Waals surface area contributed by atoms with Crippen LogP contribution in [0.4, 0.5) is 11.4 Å². The molecular formula is C14H17BrClN3O3. The molecule has 1 aliphatic rings. The third-order valence-electron chi connectivity index (χ3n) is 3.34. The van der Waals surface area contributed by atoms with Crippen molar-refractivity contribution < 1.29 is 14.4 Å².